The number of aliphatic hydroxyl groups is 2. The highest BCUT2D eigenvalue weighted by atomic mass is 16.3. The van der Waals surface area contributed by atoms with Crippen LogP contribution in [0, 0.1) is 11.8 Å². The van der Waals surface area contributed by atoms with Crippen LogP contribution in [0.15, 0.2) is 43.0 Å². The zero-order valence-corrected chi connectivity index (χ0v) is 9.13. The van der Waals surface area contributed by atoms with E-state index in [-0.39, 0.29) is 0 Å². The maximum absolute atomic E-state index is 9.43. The number of aliphatic hydroxyl groups excluding tert-OH is 2. The molecular weight excluding hydrogens is 200 g/mol. The van der Waals surface area contributed by atoms with E-state index < -0.39 is 12.2 Å². The molecule has 0 aliphatic carbocycles. The predicted octanol–water partition coefficient (Wildman–Crippen LogP) is 1.73. The second-order valence-electron chi connectivity index (χ2n) is 3.50. The van der Waals surface area contributed by atoms with Crippen LogP contribution in [0.5, 0.6) is 0 Å². The van der Waals surface area contributed by atoms with Crippen LogP contribution in [0.3, 0.4) is 0 Å². The first kappa shape index (κ1) is 12.5. The van der Waals surface area contributed by atoms with E-state index in [0.29, 0.717) is 12.8 Å². The van der Waals surface area contributed by atoms with Crippen molar-refractivity contribution in [2.45, 2.75) is 25.0 Å². The van der Waals surface area contributed by atoms with Crippen molar-refractivity contribution >= 4 is 0 Å². The number of hydrogen-bond acceptors (Lipinski definition) is 2. The van der Waals surface area contributed by atoms with Gasteiger partial charge in [-0.2, -0.15) is 0 Å². The molecule has 1 aromatic carbocycles. The Balaban J connectivity index is 2.36. The van der Waals surface area contributed by atoms with E-state index in [1.54, 1.807) is 0 Å². The van der Waals surface area contributed by atoms with Gasteiger partial charge in [0.2, 0.25) is 0 Å². The van der Waals surface area contributed by atoms with Crippen molar-refractivity contribution in [2.75, 3.05) is 0 Å². The average Bonchev–Trinajstić information content (AvgIpc) is 2.34. The van der Waals surface area contributed by atoms with Crippen LogP contribution in [0.2, 0.25) is 0 Å². The quantitative estimate of drug-likeness (QED) is 0.594. The highest BCUT2D eigenvalue weighted by Crippen LogP contribution is 2.03. The molecule has 1 rings (SSSR count). The van der Waals surface area contributed by atoms with Gasteiger partial charge in [0.1, 0.15) is 0 Å². The molecule has 1 aromatic rings. The molecule has 0 aromatic heterocycles. The average molecular weight is 216 g/mol. The van der Waals surface area contributed by atoms with Gasteiger partial charge in [-0.1, -0.05) is 36.1 Å². The molecule has 0 amide bonds. The second-order valence-corrected chi connectivity index (χ2v) is 3.50. The Hall–Kier alpha value is -1.56. The minimum Gasteiger partial charge on any atom is -0.390 e. The summed E-state index contributed by atoms with van der Waals surface area (Å²) in [5, 5.41) is 18.7. The summed E-state index contributed by atoms with van der Waals surface area (Å²) in [4.78, 5) is 0. The van der Waals surface area contributed by atoms with Gasteiger partial charge in [0.15, 0.2) is 0 Å². The van der Waals surface area contributed by atoms with Crippen molar-refractivity contribution in [3.8, 4) is 11.8 Å². The van der Waals surface area contributed by atoms with Crippen molar-refractivity contribution < 1.29 is 10.2 Å². The molecule has 2 atom stereocenters. The van der Waals surface area contributed by atoms with Crippen LogP contribution >= 0.6 is 0 Å². The van der Waals surface area contributed by atoms with Gasteiger partial charge >= 0.3 is 0 Å². The molecule has 0 aliphatic heterocycles. The Labute approximate surface area is 96.2 Å². The SMILES string of the molecule is C=C[C@H](O)[C@@H](O)CCC#Cc1ccccc1. The Morgan fingerprint density at radius 2 is 1.94 bits per heavy atom. The predicted molar refractivity (Wildman–Crippen MR) is 64.8 cm³/mol. The van der Waals surface area contributed by atoms with Gasteiger partial charge in [-0.15, -0.1) is 6.58 Å². The summed E-state index contributed by atoms with van der Waals surface area (Å²) in [7, 11) is 0. The molecule has 0 radical (unpaired) electrons. The summed E-state index contributed by atoms with van der Waals surface area (Å²) >= 11 is 0. The molecule has 2 nitrogen and oxygen atoms in total. The van der Waals surface area contributed by atoms with Crippen molar-refractivity contribution in [3.05, 3.63) is 48.6 Å². The highest BCUT2D eigenvalue weighted by Gasteiger charge is 2.10. The number of hydrogen-bond donors (Lipinski definition) is 2. The number of rotatable bonds is 4. The lowest BCUT2D eigenvalue weighted by atomic mass is 10.1. The van der Waals surface area contributed by atoms with Crippen molar-refractivity contribution in [3.63, 3.8) is 0 Å². The Morgan fingerprint density at radius 3 is 2.56 bits per heavy atom. The third kappa shape index (κ3) is 4.31. The van der Waals surface area contributed by atoms with Crippen LogP contribution in [-0.4, -0.2) is 22.4 Å². The van der Waals surface area contributed by atoms with Gasteiger partial charge in [0.25, 0.3) is 0 Å². The molecule has 0 unspecified atom stereocenters. The van der Waals surface area contributed by atoms with Gasteiger partial charge < -0.3 is 10.2 Å². The minimum absolute atomic E-state index is 0.451. The van der Waals surface area contributed by atoms with Gasteiger partial charge in [-0.25, -0.2) is 0 Å². The summed E-state index contributed by atoms with van der Waals surface area (Å²) in [5.74, 6) is 5.94. The van der Waals surface area contributed by atoms with Gasteiger partial charge in [0, 0.05) is 12.0 Å². The normalized spacial score (nSPS) is 13.4. The van der Waals surface area contributed by atoms with E-state index in [2.05, 4.69) is 18.4 Å². The second kappa shape index (κ2) is 6.84. The summed E-state index contributed by atoms with van der Waals surface area (Å²) < 4.78 is 0. The Kier molecular flexibility index (Phi) is 5.35. The van der Waals surface area contributed by atoms with Crippen LogP contribution < -0.4 is 0 Å². The fourth-order valence-corrected chi connectivity index (χ4v) is 1.23. The molecule has 0 saturated carbocycles. The monoisotopic (exact) mass is 216 g/mol. The maximum Gasteiger partial charge on any atom is 0.0977 e. The van der Waals surface area contributed by atoms with Crippen molar-refractivity contribution in [1.29, 1.82) is 0 Å². The largest absolute Gasteiger partial charge is 0.390 e. The molecule has 0 saturated heterocycles. The molecule has 0 spiro atoms. The fraction of sp³-hybridized carbons (Fsp3) is 0.286. The summed E-state index contributed by atoms with van der Waals surface area (Å²) in [6.45, 7) is 3.41. The fourth-order valence-electron chi connectivity index (χ4n) is 1.23. The van der Waals surface area contributed by atoms with Gasteiger partial charge in [-0.3, -0.25) is 0 Å². The van der Waals surface area contributed by atoms with Crippen molar-refractivity contribution in [2.24, 2.45) is 0 Å². The zero-order valence-electron chi connectivity index (χ0n) is 9.13. The van der Waals surface area contributed by atoms with Crippen LogP contribution in [-0.2, 0) is 0 Å². The molecular formula is C14H16O2. The van der Waals surface area contributed by atoms with E-state index in [1.807, 2.05) is 30.3 Å². The van der Waals surface area contributed by atoms with E-state index in [4.69, 9.17) is 0 Å². The zero-order chi connectivity index (χ0) is 11.8. The first-order chi connectivity index (χ1) is 7.74. The third-order valence-corrected chi connectivity index (χ3v) is 2.21. The smallest absolute Gasteiger partial charge is 0.0977 e. The molecule has 2 heteroatoms. The molecule has 84 valence electrons. The third-order valence-electron chi connectivity index (χ3n) is 2.21. The first-order valence-corrected chi connectivity index (χ1v) is 5.26. The maximum atomic E-state index is 9.43. The lowest BCUT2D eigenvalue weighted by Crippen LogP contribution is -2.22. The van der Waals surface area contributed by atoms with Crippen LogP contribution in [0.1, 0.15) is 18.4 Å². The summed E-state index contributed by atoms with van der Waals surface area (Å²) in [6.07, 6.45) is 0.699. The van der Waals surface area contributed by atoms with E-state index >= 15 is 0 Å². The highest BCUT2D eigenvalue weighted by molar-refractivity contribution is 5.33. The lowest BCUT2D eigenvalue weighted by molar-refractivity contribution is 0.0445. The van der Waals surface area contributed by atoms with Crippen LogP contribution in [0.25, 0.3) is 0 Å². The van der Waals surface area contributed by atoms with Crippen LogP contribution in [0.4, 0.5) is 0 Å². The Bertz CT molecular complexity index is 373. The topological polar surface area (TPSA) is 40.5 Å². The lowest BCUT2D eigenvalue weighted by Gasteiger charge is -2.11. The molecule has 16 heavy (non-hydrogen) atoms. The molecule has 0 aliphatic rings. The molecule has 0 fully saturated rings. The molecule has 0 bridgehead atoms. The van der Waals surface area contributed by atoms with E-state index in [9.17, 15) is 10.2 Å². The van der Waals surface area contributed by atoms with Gasteiger partial charge in [-0.05, 0) is 18.6 Å². The van der Waals surface area contributed by atoms with E-state index in [1.165, 1.54) is 6.08 Å². The number of benzene rings is 1. The minimum atomic E-state index is -0.862. The first-order valence-electron chi connectivity index (χ1n) is 5.26. The summed E-state index contributed by atoms with van der Waals surface area (Å²) in [6, 6.07) is 9.67. The molecule has 0 heterocycles. The van der Waals surface area contributed by atoms with Gasteiger partial charge in [0.05, 0.1) is 12.2 Å². The standard InChI is InChI=1S/C14H16O2/c1-2-13(15)14(16)11-7-6-10-12-8-4-3-5-9-12/h2-5,8-9,13-16H,1,7,11H2/t13-,14-/m0/s1. The summed E-state index contributed by atoms with van der Waals surface area (Å²) in [5.41, 5.74) is 0.959. The molecule has 2 N–H and O–H groups in total. The van der Waals surface area contributed by atoms with Crippen molar-refractivity contribution in [1.82, 2.24) is 0 Å². The Morgan fingerprint density at radius 1 is 1.25 bits per heavy atom. The van der Waals surface area contributed by atoms with E-state index in [0.717, 1.165) is 5.56 Å².